The van der Waals surface area contributed by atoms with Crippen molar-refractivity contribution in [1.82, 2.24) is 5.32 Å². The molecule has 1 saturated carbocycles. The fourth-order valence-corrected chi connectivity index (χ4v) is 2.18. The predicted molar refractivity (Wildman–Crippen MR) is 84.3 cm³/mol. The molecule has 0 aliphatic heterocycles. The van der Waals surface area contributed by atoms with E-state index in [0.717, 1.165) is 17.8 Å². The van der Waals surface area contributed by atoms with Crippen LogP contribution in [-0.4, -0.2) is 32.5 Å². The highest BCUT2D eigenvalue weighted by Gasteiger charge is 2.38. The maximum absolute atomic E-state index is 11.8. The number of rotatable bonds is 6. The van der Waals surface area contributed by atoms with E-state index in [0.29, 0.717) is 18.9 Å². The van der Waals surface area contributed by atoms with Crippen LogP contribution in [0.2, 0.25) is 0 Å². The molecule has 0 heterocycles. The van der Waals surface area contributed by atoms with E-state index in [4.69, 9.17) is 0 Å². The van der Waals surface area contributed by atoms with E-state index in [2.05, 4.69) is 17.6 Å². The van der Waals surface area contributed by atoms with Gasteiger partial charge in [0.2, 0.25) is 11.8 Å². The van der Waals surface area contributed by atoms with E-state index >= 15 is 0 Å². The van der Waals surface area contributed by atoms with Gasteiger partial charge in [-0.3, -0.25) is 9.59 Å². The average molecular weight is 289 g/mol. The summed E-state index contributed by atoms with van der Waals surface area (Å²) in [6.07, 6.45) is 1.26. The average Bonchev–Trinajstić information content (AvgIpc) is 3.16. The van der Waals surface area contributed by atoms with Crippen molar-refractivity contribution in [1.29, 1.82) is 0 Å². The van der Waals surface area contributed by atoms with Gasteiger partial charge in [-0.15, -0.1) is 0 Å². The van der Waals surface area contributed by atoms with Crippen LogP contribution in [0.1, 0.15) is 19.8 Å². The van der Waals surface area contributed by atoms with Crippen molar-refractivity contribution in [3.05, 3.63) is 24.3 Å². The van der Waals surface area contributed by atoms with Crippen LogP contribution >= 0.6 is 0 Å². The van der Waals surface area contributed by atoms with Crippen molar-refractivity contribution in [2.24, 2.45) is 11.8 Å². The number of anilines is 2. The highest BCUT2D eigenvalue weighted by atomic mass is 16.2. The first-order valence-electron chi connectivity index (χ1n) is 7.32. The zero-order valence-corrected chi connectivity index (χ0v) is 12.8. The van der Waals surface area contributed by atoms with Gasteiger partial charge >= 0.3 is 0 Å². The molecule has 0 radical (unpaired) electrons. The highest BCUT2D eigenvalue weighted by molar-refractivity contribution is 5.91. The van der Waals surface area contributed by atoms with Crippen molar-refractivity contribution in [2.45, 2.75) is 19.8 Å². The first kappa shape index (κ1) is 15.4. The molecule has 2 amide bonds. The van der Waals surface area contributed by atoms with Gasteiger partial charge in [0.25, 0.3) is 0 Å². The number of nitrogens with zero attached hydrogens (tertiary/aromatic N) is 1. The van der Waals surface area contributed by atoms with E-state index in [-0.39, 0.29) is 17.7 Å². The zero-order chi connectivity index (χ0) is 15.4. The molecule has 0 bridgehead atoms. The molecule has 21 heavy (non-hydrogen) atoms. The second-order valence-electron chi connectivity index (χ2n) is 5.85. The third-order valence-corrected chi connectivity index (χ3v) is 3.76. The molecule has 2 atom stereocenters. The van der Waals surface area contributed by atoms with E-state index < -0.39 is 0 Å². The third-order valence-electron chi connectivity index (χ3n) is 3.76. The minimum Gasteiger partial charge on any atom is -0.378 e. The molecule has 0 spiro atoms. The van der Waals surface area contributed by atoms with Gasteiger partial charge in [0.05, 0.1) is 0 Å². The number of amides is 2. The SMILES string of the molecule is C[C@H]1C[C@@H]1C(=O)NCCC(=O)Nc1ccc(N(C)C)cc1. The van der Waals surface area contributed by atoms with Gasteiger partial charge in [-0.25, -0.2) is 0 Å². The second kappa shape index (κ2) is 6.61. The Balaban J connectivity index is 1.70. The topological polar surface area (TPSA) is 61.4 Å². The van der Waals surface area contributed by atoms with Crippen LogP contribution in [0.15, 0.2) is 24.3 Å². The van der Waals surface area contributed by atoms with Gasteiger partial charge in [0.1, 0.15) is 0 Å². The van der Waals surface area contributed by atoms with E-state index in [1.54, 1.807) is 0 Å². The lowest BCUT2D eigenvalue weighted by Gasteiger charge is -2.13. The third kappa shape index (κ3) is 4.48. The summed E-state index contributed by atoms with van der Waals surface area (Å²) in [5.41, 5.74) is 1.85. The molecule has 0 saturated heterocycles. The minimum absolute atomic E-state index is 0.0747. The van der Waals surface area contributed by atoms with E-state index in [1.807, 2.05) is 43.3 Å². The lowest BCUT2D eigenvalue weighted by atomic mass is 10.2. The molecule has 0 aromatic heterocycles. The summed E-state index contributed by atoms with van der Waals surface area (Å²) in [6, 6.07) is 7.65. The van der Waals surface area contributed by atoms with Crippen LogP contribution in [0.3, 0.4) is 0 Å². The quantitative estimate of drug-likeness (QED) is 0.840. The molecular weight excluding hydrogens is 266 g/mol. The number of carbonyl (C=O) groups excluding carboxylic acids is 2. The van der Waals surface area contributed by atoms with Gasteiger partial charge in [0.15, 0.2) is 0 Å². The maximum Gasteiger partial charge on any atom is 0.226 e. The van der Waals surface area contributed by atoms with Gasteiger partial charge in [-0.2, -0.15) is 0 Å². The van der Waals surface area contributed by atoms with Crippen molar-refractivity contribution in [3.63, 3.8) is 0 Å². The van der Waals surface area contributed by atoms with Gasteiger partial charge in [0, 0.05) is 44.4 Å². The Morgan fingerprint density at radius 1 is 1.24 bits per heavy atom. The lowest BCUT2D eigenvalue weighted by Crippen LogP contribution is -2.29. The van der Waals surface area contributed by atoms with Crippen LogP contribution in [-0.2, 0) is 9.59 Å². The molecule has 2 rings (SSSR count). The first-order valence-corrected chi connectivity index (χ1v) is 7.32. The van der Waals surface area contributed by atoms with Crippen LogP contribution in [0.25, 0.3) is 0 Å². The molecule has 1 fully saturated rings. The molecule has 5 nitrogen and oxygen atoms in total. The summed E-state index contributed by atoms with van der Waals surface area (Å²) in [4.78, 5) is 25.4. The molecule has 114 valence electrons. The summed E-state index contributed by atoms with van der Waals surface area (Å²) in [5.74, 6) is 0.642. The van der Waals surface area contributed by atoms with Crippen molar-refractivity contribution < 1.29 is 9.59 Å². The van der Waals surface area contributed by atoms with Crippen LogP contribution < -0.4 is 15.5 Å². The fourth-order valence-electron chi connectivity index (χ4n) is 2.18. The molecule has 1 aliphatic carbocycles. The normalized spacial score (nSPS) is 19.8. The Morgan fingerprint density at radius 2 is 1.86 bits per heavy atom. The fraction of sp³-hybridized carbons (Fsp3) is 0.500. The number of hydrogen-bond donors (Lipinski definition) is 2. The van der Waals surface area contributed by atoms with Crippen molar-refractivity contribution in [2.75, 3.05) is 30.9 Å². The number of benzene rings is 1. The zero-order valence-electron chi connectivity index (χ0n) is 12.8. The maximum atomic E-state index is 11.8. The standard InChI is InChI=1S/C16H23N3O2/c1-11-10-14(11)16(21)17-9-8-15(20)18-12-4-6-13(7-5-12)19(2)3/h4-7,11,14H,8-10H2,1-3H3,(H,17,21)(H,18,20)/t11-,14-/m0/s1. The summed E-state index contributed by atoms with van der Waals surface area (Å²) in [5, 5.41) is 5.64. The summed E-state index contributed by atoms with van der Waals surface area (Å²) in [6.45, 7) is 2.46. The summed E-state index contributed by atoms with van der Waals surface area (Å²) >= 11 is 0. The molecule has 1 aliphatic rings. The molecule has 0 unspecified atom stereocenters. The van der Waals surface area contributed by atoms with E-state index in [1.165, 1.54) is 0 Å². The van der Waals surface area contributed by atoms with Crippen molar-refractivity contribution in [3.8, 4) is 0 Å². The Kier molecular flexibility index (Phi) is 4.83. The predicted octanol–water partition coefficient (Wildman–Crippen LogP) is 1.85. The highest BCUT2D eigenvalue weighted by Crippen LogP contribution is 2.37. The largest absolute Gasteiger partial charge is 0.378 e. The number of hydrogen-bond acceptors (Lipinski definition) is 3. The number of nitrogens with one attached hydrogen (secondary N) is 2. The Labute approximate surface area is 125 Å². The first-order chi connectivity index (χ1) is 9.97. The molecule has 2 N–H and O–H groups in total. The molecular formula is C16H23N3O2. The number of carbonyl (C=O) groups is 2. The molecule has 1 aromatic rings. The monoisotopic (exact) mass is 289 g/mol. The Hall–Kier alpha value is -2.04. The van der Waals surface area contributed by atoms with Crippen LogP contribution in [0.4, 0.5) is 11.4 Å². The lowest BCUT2D eigenvalue weighted by molar-refractivity contribution is -0.122. The van der Waals surface area contributed by atoms with Crippen molar-refractivity contribution >= 4 is 23.2 Å². The van der Waals surface area contributed by atoms with E-state index in [9.17, 15) is 9.59 Å². The van der Waals surface area contributed by atoms with Gasteiger partial charge in [-0.05, 0) is 36.6 Å². The summed E-state index contributed by atoms with van der Waals surface area (Å²) in [7, 11) is 3.94. The Bertz CT molecular complexity index is 511. The molecule has 1 aromatic carbocycles. The smallest absolute Gasteiger partial charge is 0.226 e. The van der Waals surface area contributed by atoms with Crippen LogP contribution in [0, 0.1) is 11.8 Å². The minimum atomic E-state index is -0.0863. The van der Waals surface area contributed by atoms with Gasteiger partial charge in [-0.1, -0.05) is 6.92 Å². The second-order valence-corrected chi connectivity index (χ2v) is 5.85. The van der Waals surface area contributed by atoms with Gasteiger partial charge < -0.3 is 15.5 Å². The molecule has 5 heteroatoms. The Morgan fingerprint density at radius 3 is 2.38 bits per heavy atom. The summed E-state index contributed by atoms with van der Waals surface area (Å²) < 4.78 is 0. The van der Waals surface area contributed by atoms with Crippen LogP contribution in [0.5, 0.6) is 0 Å².